The summed E-state index contributed by atoms with van der Waals surface area (Å²) >= 11 is 0. The van der Waals surface area contributed by atoms with E-state index in [-0.39, 0.29) is 32.7 Å². The molecule has 2 saturated heterocycles. The van der Waals surface area contributed by atoms with E-state index in [4.69, 9.17) is 76.8 Å². The Morgan fingerprint density at radius 3 is 0.963 bits per heavy atom. The van der Waals surface area contributed by atoms with Crippen LogP contribution in [0.15, 0.2) is 146 Å². The molecule has 9 heterocycles. The number of hydrogen-bond donors (Lipinski definition) is 0. The van der Waals surface area contributed by atoms with E-state index >= 15 is 0 Å². The fraction of sp³-hybridized carbons (Fsp3) is 0.282. The Balaban J connectivity index is 0.0000111. The van der Waals surface area contributed by atoms with E-state index in [0.29, 0.717) is 78.7 Å². The van der Waals surface area contributed by atoms with Gasteiger partial charge in [0.15, 0.2) is 49.2 Å². The van der Waals surface area contributed by atoms with Gasteiger partial charge in [0.25, 0.3) is 0 Å². The van der Waals surface area contributed by atoms with Gasteiger partial charge in [-0.3, -0.25) is 38.4 Å². The summed E-state index contributed by atoms with van der Waals surface area (Å²) in [6.45, 7) is 7.69. The zero-order valence-electron chi connectivity index (χ0n) is 60.1. The van der Waals surface area contributed by atoms with Crippen molar-refractivity contribution in [1.82, 2.24) is 49.9 Å². The number of rotatable bonds is 22. The van der Waals surface area contributed by atoms with Crippen LogP contribution in [0, 0.1) is 0 Å². The molecule has 10 atom stereocenters. The van der Waals surface area contributed by atoms with Gasteiger partial charge >= 0.3 is 67.2 Å². The van der Waals surface area contributed by atoms with E-state index in [1.54, 1.807) is 12.4 Å². The molecule has 31 heteroatoms. The first kappa shape index (κ1) is 76.6. The molecule has 2 fully saturated rings. The number of esters is 8. The molecule has 0 unspecified atom stereocenters. The first-order valence-electron chi connectivity index (χ1n) is 34.1. The fourth-order valence-corrected chi connectivity index (χ4v) is 13.0. The molecule has 8 bridgehead atoms. The minimum atomic E-state index is -1.46. The SMILES string of the molecule is CC(=O)OC[C@H]1O[C@@H](OCc2cn(-c3ccc(-c4c5nc(c(-c6ccccc6)c6ccc([n-]6)c(-c6ccccc6)c6nc(c(-c7ccc(-n8cc(CO[C@@H]9O[C@H](COC(C)=O)[C@@H](OC(C)=O)[C@H](OC(C)=O)[C@H]9OC(C)=O)nn8)cc7)c7ccc4[n-]7)C=C6)C=C5)cc3)nn2)[C@H](OC(C)=O)[C@@H](OC(C)=O)[C@@H]1OC(C)=O.[Zn+2]. The first-order chi connectivity index (χ1) is 52.1. The van der Waals surface area contributed by atoms with Crippen LogP contribution < -0.4 is 9.97 Å². The molecule has 13 rings (SSSR count). The van der Waals surface area contributed by atoms with Crippen LogP contribution in [0.25, 0.3) is 102 Å². The average Bonchev–Trinajstić information content (AvgIpc) is 1.74. The van der Waals surface area contributed by atoms with Crippen molar-refractivity contribution in [2.24, 2.45) is 0 Å². The van der Waals surface area contributed by atoms with E-state index in [2.05, 4.69) is 20.6 Å². The summed E-state index contributed by atoms with van der Waals surface area (Å²) in [5, 5.41) is 17.5. The van der Waals surface area contributed by atoms with Crippen molar-refractivity contribution in [3.8, 4) is 55.9 Å². The summed E-state index contributed by atoms with van der Waals surface area (Å²) in [7, 11) is 0. The molecular weight excluding hydrogens is 1460 g/mol. The smallest absolute Gasteiger partial charge is 0.657 e. The second-order valence-corrected chi connectivity index (χ2v) is 25.3. The molecule has 0 N–H and O–H groups in total. The van der Waals surface area contributed by atoms with E-state index in [0.717, 1.165) is 74.9 Å². The summed E-state index contributed by atoms with van der Waals surface area (Å²) in [6.07, 6.45) is -2.82. The molecule has 0 amide bonds. The largest absolute Gasteiger partial charge is 2.00 e. The van der Waals surface area contributed by atoms with Crippen LogP contribution >= 0.6 is 0 Å². The molecule has 4 aliphatic heterocycles. The van der Waals surface area contributed by atoms with E-state index in [9.17, 15) is 38.4 Å². The van der Waals surface area contributed by atoms with Gasteiger partial charge in [0.2, 0.25) is 0 Å². The van der Waals surface area contributed by atoms with E-state index < -0.39 is 122 Å². The third kappa shape index (κ3) is 17.8. The summed E-state index contributed by atoms with van der Waals surface area (Å²) in [5.41, 5.74) is 13.0. The van der Waals surface area contributed by atoms with Gasteiger partial charge in [-0.15, -0.1) is 32.3 Å². The van der Waals surface area contributed by atoms with E-state index in [1.165, 1.54) is 23.2 Å². The standard InChI is InChI=1S/C78H70N10O20.Zn/c1-41(89)97-39-65-71(101-43(3)91)73(103-45(5)93)75(105-47(7)95)77(107-65)99-37-53-35-87(85-83-53)55-23-19-51(20-24-55)69-61-31-29-59(80-61)67(49-15-11-9-12-16-49)57-27-28-58(79-57)68(50-17-13-10-14-18-50)60-30-32-62(81-60)70(64-34-33-63(69)82-64)52-21-25-56(26-22-52)88-36-54(84-86-88)38-100-78-76(106-48(8)96)74(104-46(6)94)72(102-44(4)92)66(108-78)40-98-42(2)90;/h9-36,65-66,71-78H,37-40H2,1-8H3;/q-2;+2/t65-,66-,71-,72-,73+,74+,75-,76-,77-,78-;/m1./s1. The van der Waals surface area contributed by atoms with Crippen molar-refractivity contribution in [2.75, 3.05) is 13.2 Å². The Labute approximate surface area is 634 Å². The average molecular weight is 1530 g/mol. The Morgan fingerprint density at radius 1 is 0.367 bits per heavy atom. The van der Waals surface area contributed by atoms with Crippen LogP contribution in [0.3, 0.4) is 0 Å². The predicted molar refractivity (Wildman–Crippen MR) is 382 cm³/mol. The van der Waals surface area contributed by atoms with Crippen molar-refractivity contribution >= 4 is 94.1 Å². The van der Waals surface area contributed by atoms with Gasteiger partial charge in [0, 0.05) is 55.4 Å². The summed E-state index contributed by atoms with van der Waals surface area (Å²) < 4.78 is 71.5. The van der Waals surface area contributed by atoms with Crippen LogP contribution in [0.2, 0.25) is 0 Å². The summed E-state index contributed by atoms with van der Waals surface area (Å²) in [5.74, 6) is -6.05. The van der Waals surface area contributed by atoms with Crippen LogP contribution in [0.1, 0.15) is 89.6 Å². The Morgan fingerprint density at radius 2 is 0.661 bits per heavy atom. The molecule has 0 radical (unpaired) electrons. The van der Waals surface area contributed by atoms with Gasteiger partial charge in [0.05, 0.1) is 59.8 Å². The molecule has 109 heavy (non-hydrogen) atoms. The molecular formula is C78H70N10O20Zn. The molecule has 5 aromatic heterocycles. The quantitative estimate of drug-likeness (QED) is 0.0347. The molecule has 0 spiro atoms. The number of carbonyl (C=O) groups excluding carboxylic acids is 8. The Bertz CT molecular complexity index is 4840. The second kappa shape index (κ2) is 33.8. The van der Waals surface area contributed by atoms with Crippen molar-refractivity contribution in [1.29, 1.82) is 0 Å². The van der Waals surface area contributed by atoms with Crippen molar-refractivity contribution < 1.29 is 115 Å². The fourth-order valence-electron chi connectivity index (χ4n) is 13.0. The topological polar surface area (TPSA) is 363 Å². The second-order valence-electron chi connectivity index (χ2n) is 25.3. The van der Waals surface area contributed by atoms with Gasteiger partial charge < -0.3 is 66.8 Å². The van der Waals surface area contributed by atoms with Crippen molar-refractivity contribution in [3.63, 3.8) is 0 Å². The molecule has 0 aliphatic carbocycles. The predicted octanol–water partition coefficient (Wildman–Crippen LogP) is 8.94. The molecule has 4 aliphatic rings. The van der Waals surface area contributed by atoms with Gasteiger partial charge in [-0.25, -0.2) is 19.3 Å². The minimum absolute atomic E-state index is 0. The molecule has 4 aromatic carbocycles. The number of nitrogens with zero attached hydrogens (tertiary/aromatic N) is 10. The summed E-state index contributed by atoms with van der Waals surface area (Å²) in [6, 6.07) is 42.9. The zero-order chi connectivity index (χ0) is 75.9. The van der Waals surface area contributed by atoms with Gasteiger partial charge in [-0.05, 0) is 93.1 Å². The van der Waals surface area contributed by atoms with Crippen LogP contribution in [0.5, 0.6) is 0 Å². The number of ether oxygens (including phenoxy) is 12. The maximum atomic E-state index is 12.5. The van der Waals surface area contributed by atoms with Crippen LogP contribution in [-0.2, 0) is 128 Å². The first-order valence-corrected chi connectivity index (χ1v) is 34.1. The molecule has 0 saturated carbocycles. The third-order valence-electron chi connectivity index (χ3n) is 17.3. The van der Waals surface area contributed by atoms with Crippen LogP contribution in [-0.4, -0.2) is 162 Å². The molecule has 9 aromatic rings. The Kier molecular flexibility index (Phi) is 23.8. The number of carbonyl (C=O) groups is 8. The maximum Gasteiger partial charge on any atom is 2.00 e. The number of aromatic nitrogens is 10. The number of benzene rings is 4. The van der Waals surface area contributed by atoms with E-state index in [1.807, 2.05) is 158 Å². The van der Waals surface area contributed by atoms with Crippen molar-refractivity contribution in [3.05, 3.63) is 180 Å². The normalized spacial score (nSPS) is 19.9. The number of fused-ring (bicyclic) bond motifs is 8. The van der Waals surface area contributed by atoms with Crippen molar-refractivity contribution in [2.45, 2.75) is 130 Å². The Hall–Kier alpha value is -12.0. The third-order valence-corrected chi connectivity index (χ3v) is 17.3. The summed E-state index contributed by atoms with van der Waals surface area (Å²) in [4.78, 5) is 120. The van der Waals surface area contributed by atoms with Gasteiger partial charge in [-0.2, -0.15) is 0 Å². The molecule has 30 nitrogen and oxygen atoms in total. The zero-order valence-corrected chi connectivity index (χ0v) is 63.1. The van der Waals surface area contributed by atoms with Gasteiger partial charge in [-0.1, -0.05) is 120 Å². The van der Waals surface area contributed by atoms with Gasteiger partial charge in [0.1, 0.15) is 36.8 Å². The molecule has 554 valence electrons. The maximum absolute atomic E-state index is 12.5. The minimum Gasteiger partial charge on any atom is -0.657 e. The van der Waals surface area contributed by atoms with Crippen LogP contribution in [0.4, 0.5) is 0 Å². The monoisotopic (exact) mass is 1530 g/mol. The number of hydrogen-bond acceptors (Lipinski definition) is 26.